The van der Waals surface area contributed by atoms with Crippen LogP contribution in [0, 0.1) is 0 Å². The molecule has 1 fully saturated rings. The first-order valence-corrected chi connectivity index (χ1v) is 9.78. The molecule has 0 spiro atoms. The van der Waals surface area contributed by atoms with Crippen molar-refractivity contribution in [1.82, 2.24) is 4.90 Å². The Labute approximate surface area is 178 Å². The highest BCUT2D eigenvalue weighted by atomic mass is 35.5. The molecule has 1 atom stereocenters. The molecular formula is C21H21ClN2O6. The first-order valence-electron chi connectivity index (χ1n) is 9.40. The maximum Gasteiger partial charge on any atom is 0.247 e. The number of likely N-dealkylation sites (tertiary alicyclic amines) is 1. The molecule has 2 aliphatic heterocycles. The number of fused-ring (bicyclic) bond motifs is 1. The van der Waals surface area contributed by atoms with Crippen LogP contribution in [0.2, 0.25) is 5.02 Å². The molecule has 8 nitrogen and oxygen atoms in total. The second-order valence-electron chi connectivity index (χ2n) is 6.94. The number of hydrogen-bond acceptors (Lipinski definition) is 6. The highest BCUT2D eigenvalue weighted by Gasteiger charge is 2.36. The van der Waals surface area contributed by atoms with Crippen LogP contribution in [0.25, 0.3) is 0 Å². The number of amides is 2. The largest absolute Gasteiger partial charge is 0.495 e. The first-order chi connectivity index (χ1) is 14.5. The Kier molecular flexibility index (Phi) is 5.59. The molecule has 2 amide bonds. The number of carbonyl (C=O) groups is 2. The molecule has 1 N–H and O–H groups in total. The van der Waals surface area contributed by atoms with E-state index < -0.39 is 6.04 Å². The van der Waals surface area contributed by atoms with Crippen LogP contribution in [0.5, 0.6) is 23.0 Å². The number of methoxy groups -OCH3 is 2. The summed E-state index contributed by atoms with van der Waals surface area (Å²) in [6, 6.07) is 8.06. The fraction of sp³-hybridized carbons (Fsp3) is 0.333. The van der Waals surface area contributed by atoms with Crippen molar-refractivity contribution < 1.29 is 28.5 Å². The molecule has 0 aromatic heterocycles. The number of rotatable bonds is 6. The van der Waals surface area contributed by atoms with Gasteiger partial charge in [-0.25, -0.2) is 0 Å². The Hall–Kier alpha value is -3.13. The van der Waals surface area contributed by atoms with Crippen molar-refractivity contribution in [3.8, 4) is 23.0 Å². The third-order valence-electron chi connectivity index (χ3n) is 5.15. The summed E-state index contributed by atoms with van der Waals surface area (Å²) in [5.74, 6) is 1.74. The molecule has 0 radical (unpaired) electrons. The minimum Gasteiger partial charge on any atom is -0.495 e. The van der Waals surface area contributed by atoms with E-state index in [2.05, 4.69) is 5.32 Å². The topological polar surface area (TPSA) is 86.3 Å². The van der Waals surface area contributed by atoms with Gasteiger partial charge < -0.3 is 29.2 Å². The van der Waals surface area contributed by atoms with Crippen LogP contribution in [0.3, 0.4) is 0 Å². The molecule has 0 bridgehead atoms. The average molecular weight is 433 g/mol. The molecule has 2 heterocycles. The maximum absolute atomic E-state index is 13.0. The zero-order valence-electron chi connectivity index (χ0n) is 16.6. The monoisotopic (exact) mass is 432 g/mol. The van der Waals surface area contributed by atoms with E-state index in [1.54, 1.807) is 23.1 Å². The van der Waals surface area contributed by atoms with E-state index in [0.717, 1.165) is 5.56 Å². The van der Waals surface area contributed by atoms with Gasteiger partial charge in [0, 0.05) is 25.1 Å². The molecule has 2 aromatic carbocycles. The summed E-state index contributed by atoms with van der Waals surface area (Å²) in [6.07, 6.45) is 0.742. The normalized spacial score (nSPS) is 17.2. The molecule has 0 saturated carbocycles. The Balaban J connectivity index is 1.52. The number of ether oxygens (including phenoxy) is 4. The summed E-state index contributed by atoms with van der Waals surface area (Å²) >= 11 is 6.13. The van der Waals surface area contributed by atoms with E-state index in [1.807, 2.05) is 12.1 Å². The van der Waals surface area contributed by atoms with E-state index in [4.69, 9.17) is 30.5 Å². The summed E-state index contributed by atoms with van der Waals surface area (Å²) in [6.45, 7) is 0.480. The van der Waals surface area contributed by atoms with Crippen molar-refractivity contribution >= 4 is 29.1 Å². The summed E-state index contributed by atoms with van der Waals surface area (Å²) < 4.78 is 21.3. The van der Waals surface area contributed by atoms with Gasteiger partial charge in [0.15, 0.2) is 11.5 Å². The number of hydrogen-bond donors (Lipinski definition) is 1. The number of carbonyl (C=O) groups excluding carboxylic acids is 2. The van der Waals surface area contributed by atoms with Crippen molar-refractivity contribution in [1.29, 1.82) is 0 Å². The Morgan fingerprint density at radius 3 is 2.70 bits per heavy atom. The van der Waals surface area contributed by atoms with Crippen LogP contribution in [0.15, 0.2) is 30.3 Å². The highest BCUT2D eigenvalue weighted by Crippen LogP contribution is 2.37. The van der Waals surface area contributed by atoms with Gasteiger partial charge in [0.1, 0.15) is 17.5 Å². The van der Waals surface area contributed by atoms with Gasteiger partial charge in [-0.1, -0.05) is 17.7 Å². The van der Waals surface area contributed by atoms with Crippen LogP contribution in [0.4, 0.5) is 5.69 Å². The van der Waals surface area contributed by atoms with Gasteiger partial charge in [0.25, 0.3) is 0 Å². The lowest BCUT2D eigenvalue weighted by Crippen LogP contribution is -2.41. The van der Waals surface area contributed by atoms with E-state index in [0.29, 0.717) is 53.1 Å². The minimum absolute atomic E-state index is 0.0755. The summed E-state index contributed by atoms with van der Waals surface area (Å²) in [7, 11) is 2.97. The van der Waals surface area contributed by atoms with Crippen molar-refractivity contribution in [3.05, 3.63) is 40.9 Å². The zero-order valence-corrected chi connectivity index (χ0v) is 17.3. The smallest absolute Gasteiger partial charge is 0.247 e. The first kappa shape index (κ1) is 20.2. The number of benzene rings is 2. The fourth-order valence-electron chi connectivity index (χ4n) is 3.61. The Morgan fingerprint density at radius 1 is 1.17 bits per heavy atom. The quantitative estimate of drug-likeness (QED) is 0.754. The van der Waals surface area contributed by atoms with Gasteiger partial charge in [0.2, 0.25) is 18.6 Å². The zero-order chi connectivity index (χ0) is 21.3. The van der Waals surface area contributed by atoms with E-state index in [-0.39, 0.29) is 18.6 Å². The second kappa shape index (κ2) is 8.31. The Morgan fingerprint density at radius 2 is 1.93 bits per heavy atom. The molecule has 1 unspecified atom stereocenters. The van der Waals surface area contributed by atoms with Crippen LogP contribution in [-0.4, -0.2) is 43.8 Å². The average Bonchev–Trinajstić information content (AvgIpc) is 3.35. The molecule has 0 aliphatic carbocycles. The van der Waals surface area contributed by atoms with Gasteiger partial charge >= 0.3 is 0 Å². The Bertz CT molecular complexity index is 996. The lowest BCUT2D eigenvalue weighted by Gasteiger charge is -2.25. The van der Waals surface area contributed by atoms with Crippen molar-refractivity contribution in [2.75, 3.05) is 26.3 Å². The summed E-state index contributed by atoms with van der Waals surface area (Å²) in [5, 5.41) is 3.21. The summed E-state index contributed by atoms with van der Waals surface area (Å²) in [4.78, 5) is 27.1. The van der Waals surface area contributed by atoms with Gasteiger partial charge in [-0.05, 0) is 24.1 Å². The molecular weight excluding hydrogens is 412 g/mol. The van der Waals surface area contributed by atoms with E-state index in [9.17, 15) is 9.59 Å². The number of nitrogens with zero attached hydrogens (tertiary/aromatic N) is 1. The molecule has 2 aromatic rings. The minimum atomic E-state index is -0.602. The van der Waals surface area contributed by atoms with Gasteiger partial charge in [-0.2, -0.15) is 0 Å². The third-order valence-corrected chi connectivity index (χ3v) is 5.45. The second-order valence-corrected chi connectivity index (χ2v) is 7.35. The lowest BCUT2D eigenvalue weighted by molar-refractivity contribution is -0.133. The predicted octanol–water partition coefficient (Wildman–Crippen LogP) is 3.22. The fourth-order valence-corrected chi connectivity index (χ4v) is 3.85. The summed E-state index contributed by atoms with van der Waals surface area (Å²) in [5.41, 5.74) is 1.28. The van der Waals surface area contributed by atoms with Gasteiger partial charge in [0.05, 0.1) is 24.9 Å². The van der Waals surface area contributed by atoms with E-state index in [1.165, 1.54) is 14.2 Å². The SMILES string of the molecule is COc1cc(NC(=O)C2CCC(=O)N2Cc2ccc3c(c2)OCO3)c(OC)cc1Cl. The highest BCUT2D eigenvalue weighted by molar-refractivity contribution is 6.32. The number of halogens is 1. The third kappa shape index (κ3) is 3.82. The standard InChI is InChI=1S/C21H21ClN2O6/c1-27-17-9-14(18(28-2)8-13(17)22)23-21(26)15-4-6-20(25)24(15)10-12-3-5-16-19(7-12)30-11-29-16/h3,5,7-9,15H,4,6,10-11H2,1-2H3,(H,23,26). The predicted molar refractivity (Wildman–Crippen MR) is 109 cm³/mol. The van der Waals surface area contributed by atoms with Crippen LogP contribution in [-0.2, 0) is 16.1 Å². The number of anilines is 1. The molecule has 2 aliphatic rings. The van der Waals surface area contributed by atoms with Gasteiger partial charge in [-0.15, -0.1) is 0 Å². The van der Waals surface area contributed by atoms with Crippen LogP contribution in [0.1, 0.15) is 18.4 Å². The van der Waals surface area contributed by atoms with Crippen molar-refractivity contribution in [2.45, 2.75) is 25.4 Å². The molecule has 9 heteroatoms. The van der Waals surface area contributed by atoms with Crippen LogP contribution < -0.4 is 24.3 Å². The number of nitrogens with one attached hydrogen (secondary N) is 1. The lowest BCUT2D eigenvalue weighted by atomic mass is 10.1. The van der Waals surface area contributed by atoms with Crippen molar-refractivity contribution in [2.24, 2.45) is 0 Å². The molecule has 158 valence electrons. The molecule has 1 saturated heterocycles. The molecule has 4 rings (SSSR count). The maximum atomic E-state index is 13.0. The van der Waals surface area contributed by atoms with Crippen LogP contribution >= 0.6 is 11.6 Å². The van der Waals surface area contributed by atoms with Crippen molar-refractivity contribution in [3.63, 3.8) is 0 Å². The van der Waals surface area contributed by atoms with E-state index >= 15 is 0 Å². The van der Waals surface area contributed by atoms with Gasteiger partial charge in [-0.3, -0.25) is 9.59 Å². The molecule has 30 heavy (non-hydrogen) atoms.